The van der Waals surface area contributed by atoms with Crippen molar-refractivity contribution in [2.24, 2.45) is 5.41 Å². The molecule has 3 rings (SSSR count). The number of aliphatic hydroxyl groups excluding tert-OH is 1. The van der Waals surface area contributed by atoms with Gasteiger partial charge < -0.3 is 5.11 Å². The summed E-state index contributed by atoms with van der Waals surface area (Å²) in [5, 5.41) is 10.6. The quantitative estimate of drug-likeness (QED) is 0.836. The molecule has 1 saturated carbocycles. The summed E-state index contributed by atoms with van der Waals surface area (Å²) in [5.41, 5.74) is 1.39. The van der Waals surface area contributed by atoms with Crippen LogP contribution in [-0.2, 0) is 0 Å². The molecule has 0 amide bonds. The van der Waals surface area contributed by atoms with Crippen molar-refractivity contribution in [1.82, 2.24) is 0 Å². The summed E-state index contributed by atoms with van der Waals surface area (Å²) < 4.78 is 0. The van der Waals surface area contributed by atoms with Crippen LogP contribution >= 0.6 is 0 Å². The fraction of sp³-hybridized carbons (Fsp3) is 0.278. The third kappa shape index (κ3) is 2.52. The molecule has 2 aromatic carbocycles. The number of hydrogen-bond donors (Lipinski definition) is 1. The van der Waals surface area contributed by atoms with E-state index in [4.69, 9.17) is 0 Å². The number of carbonyl (C=O) groups is 1. The Balaban J connectivity index is 1.75. The van der Waals surface area contributed by atoms with E-state index in [0.29, 0.717) is 6.42 Å². The van der Waals surface area contributed by atoms with Gasteiger partial charge in [-0.2, -0.15) is 0 Å². The monoisotopic (exact) mass is 266 g/mol. The molecule has 1 aliphatic rings. The van der Waals surface area contributed by atoms with Crippen LogP contribution in [0.2, 0.25) is 0 Å². The van der Waals surface area contributed by atoms with E-state index in [0.717, 1.165) is 24.0 Å². The molecular formula is C18H18O2. The number of rotatable bonds is 5. The van der Waals surface area contributed by atoms with Gasteiger partial charge in [0, 0.05) is 17.4 Å². The lowest BCUT2D eigenvalue weighted by atomic mass is 9.86. The van der Waals surface area contributed by atoms with Crippen LogP contribution in [0.25, 0.3) is 0 Å². The van der Waals surface area contributed by atoms with Crippen molar-refractivity contribution in [3.05, 3.63) is 71.8 Å². The largest absolute Gasteiger partial charge is 0.388 e. The predicted molar refractivity (Wildman–Crippen MR) is 78.5 cm³/mol. The van der Waals surface area contributed by atoms with Gasteiger partial charge >= 0.3 is 0 Å². The Morgan fingerprint density at radius 1 is 1.00 bits per heavy atom. The Morgan fingerprint density at radius 2 is 1.55 bits per heavy atom. The number of carbonyl (C=O) groups excluding carboxylic acids is 1. The minimum Gasteiger partial charge on any atom is -0.388 e. The molecule has 0 heterocycles. The van der Waals surface area contributed by atoms with E-state index in [1.807, 2.05) is 60.7 Å². The Morgan fingerprint density at radius 3 is 2.10 bits per heavy atom. The summed E-state index contributed by atoms with van der Waals surface area (Å²) in [7, 11) is 0. The van der Waals surface area contributed by atoms with Crippen molar-refractivity contribution < 1.29 is 9.90 Å². The lowest BCUT2D eigenvalue weighted by Crippen LogP contribution is -2.18. The van der Waals surface area contributed by atoms with Crippen LogP contribution in [0.5, 0.6) is 0 Å². The lowest BCUT2D eigenvalue weighted by molar-refractivity contribution is 0.0710. The van der Waals surface area contributed by atoms with Gasteiger partial charge in [0.25, 0.3) is 0 Å². The molecule has 1 N–H and O–H groups in total. The molecule has 0 aromatic heterocycles. The molecule has 2 heteroatoms. The second-order valence-corrected chi connectivity index (χ2v) is 5.64. The summed E-state index contributed by atoms with van der Waals surface area (Å²) in [4.78, 5) is 12.3. The smallest absolute Gasteiger partial charge is 0.163 e. The van der Waals surface area contributed by atoms with Gasteiger partial charge in [-0.1, -0.05) is 60.7 Å². The molecule has 1 fully saturated rings. The summed E-state index contributed by atoms with van der Waals surface area (Å²) in [5.74, 6) is 0.123. The Kier molecular flexibility index (Phi) is 3.41. The molecule has 0 radical (unpaired) electrons. The minimum absolute atomic E-state index is 0.123. The van der Waals surface area contributed by atoms with Crippen molar-refractivity contribution >= 4 is 5.78 Å². The van der Waals surface area contributed by atoms with Gasteiger partial charge in [-0.05, 0) is 18.4 Å². The molecule has 1 aliphatic carbocycles. The summed E-state index contributed by atoms with van der Waals surface area (Å²) in [6.07, 6.45) is 1.72. The molecule has 20 heavy (non-hydrogen) atoms. The van der Waals surface area contributed by atoms with Gasteiger partial charge in [0.1, 0.15) is 0 Å². The van der Waals surface area contributed by atoms with E-state index in [9.17, 15) is 9.90 Å². The standard InChI is InChI=1S/C18H18O2/c19-16(14-7-3-1-4-8-14)13-18(11-12-18)17(20)15-9-5-2-6-10-15/h1-10,17,20H,11-13H2. The second-order valence-electron chi connectivity index (χ2n) is 5.64. The number of hydrogen-bond acceptors (Lipinski definition) is 2. The fourth-order valence-corrected chi connectivity index (χ4v) is 2.74. The number of ketones is 1. The van der Waals surface area contributed by atoms with E-state index >= 15 is 0 Å². The first-order valence-corrected chi connectivity index (χ1v) is 7.03. The average Bonchev–Trinajstić information content (AvgIpc) is 3.29. The molecule has 0 spiro atoms. The zero-order valence-electron chi connectivity index (χ0n) is 11.3. The van der Waals surface area contributed by atoms with Crippen LogP contribution in [0.3, 0.4) is 0 Å². The van der Waals surface area contributed by atoms with Crippen LogP contribution in [-0.4, -0.2) is 10.9 Å². The maximum absolute atomic E-state index is 12.3. The third-order valence-electron chi connectivity index (χ3n) is 4.20. The SMILES string of the molecule is O=C(CC1(C(O)c2ccccc2)CC1)c1ccccc1. The van der Waals surface area contributed by atoms with Gasteiger partial charge in [-0.25, -0.2) is 0 Å². The normalized spacial score (nSPS) is 17.4. The Bertz CT molecular complexity index is 585. The summed E-state index contributed by atoms with van der Waals surface area (Å²) in [6, 6.07) is 19.0. The molecule has 2 nitrogen and oxygen atoms in total. The molecule has 0 bridgehead atoms. The van der Waals surface area contributed by atoms with Crippen LogP contribution in [0.15, 0.2) is 60.7 Å². The van der Waals surface area contributed by atoms with Gasteiger partial charge in [-0.3, -0.25) is 4.79 Å². The zero-order chi connectivity index (χ0) is 14.0. The van der Waals surface area contributed by atoms with Gasteiger partial charge in [-0.15, -0.1) is 0 Å². The molecule has 0 saturated heterocycles. The highest BCUT2D eigenvalue weighted by Crippen LogP contribution is 2.57. The molecule has 102 valence electrons. The van der Waals surface area contributed by atoms with E-state index < -0.39 is 6.10 Å². The minimum atomic E-state index is -0.545. The molecule has 1 atom stereocenters. The fourth-order valence-electron chi connectivity index (χ4n) is 2.74. The van der Waals surface area contributed by atoms with E-state index in [1.54, 1.807) is 0 Å². The highest BCUT2D eigenvalue weighted by Gasteiger charge is 2.50. The lowest BCUT2D eigenvalue weighted by Gasteiger charge is -2.22. The van der Waals surface area contributed by atoms with E-state index in [1.165, 1.54) is 0 Å². The van der Waals surface area contributed by atoms with Crippen molar-refractivity contribution in [3.8, 4) is 0 Å². The Hall–Kier alpha value is -1.93. The van der Waals surface area contributed by atoms with Crippen LogP contribution in [0.4, 0.5) is 0 Å². The average molecular weight is 266 g/mol. The van der Waals surface area contributed by atoms with E-state index in [2.05, 4.69) is 0 Å². The topological polar surface area (TPSA) is 37.3 Å². The van der Waals surface area contributed by atoms with E-state index in [-0.39, 0.29) is 11.2 Å². The van der Waals surface area contributed by atoms with Gasteiger partial charge in [0.05, 0.1) is 6.10 Å². The first kappa shape index (κ1) is 13.1. The number of aliphatic hydroxyl groups is 1. The van der Waals surface area contributed by atoms with Gasteiger partial charge in [0.15, 0.2) is 5.78 Å². The maximum Gasteiger partial charge on any atom is 0.163 e. The Labute approximate surface area is 119 Å². The van der Waals surface area contributed by atoms with Crippen LogP contribution in [0, 0.1) is 5.41 Å². The zero-order valence-corrected chi connectivity index (χ0v) is 11.3. The van der Waals surface area contributed by atoms with Gasteiger partial charge in [0.2, 0.25) is 0 Å². The molecular weight excluding hydrogens is 248 g/mol. The first-order chi connectivity index (χ1) is 9.71. The van der Waals surface area contributed by atoms with Crippen LogP contribution in [0.1, 0.15) is 41.3 Å². The van der Waals surface area contributed by atoms with Crippen molar-refractivity contribution in [1.29, 1.82) is 0 Å². The molecule has 2 aromatic rings. The predicted octanol–water partition coefficient (Wildman–Crippen LogP) is 3.77. The number of benzene rings is 2. The first-order valence-electron chi connectivity index (χ1n) is 7.03. The molecule has 0 aliphatic heterocycles. The second kappa shape index (κ2) is 5.22. The van der Waals surface area contributed by atoms with Crippen molar-refractivity contribution in [2.75, 3.05) is 0 Å². The van der Waals surface area contributed by atoms with Crippen molar-refractivity contribution in [3.63, 3.8) is 0 Å². The molecule has 1 unspecified atom stereocenters. The highest BCUT2D eigenvalue weighted by atomic mass is 16.3. The maximum atomic E-state index is 12.3. The summed E-state index contributed by atoms with van der Waals surface area (Å²) in [6.45, 7) is 0. The third-order valence-corrected chi connectivity index (χ3v) is 4.20. The van der Waals surface area contributed by atoms with Crippen molar-refractivity contribution in [2.45, 2.75) is 25.4 Å². The summed E-state index contributed by atoms with van der Waals surface area (Å²) >= 11 is 0. The highest BCUT2D eigenvalue weighted by molar-refractivity contribution is 5.96. The van der Waals surface area contributed by atoms with Crippen LogP contribution < -0.4 is 0 Å². The number of Topliss-reactive ketones (excluding diaryl/α,β-unsaturated/α-hetero) is 1.